The van der Waals surface area contributed by atoms with E-state index in [9.17, 15) is 14.4 Å². The lowest BCUT2D eigenvalue weighted by Crippen LogP contribution is -2.25. The number of ether oxygens (including phenoxy) is 1. The lowest BCUT2D eigenvalue weighted by Gasteiger charge is -2.11. The predicted octanol–water partition coefficient (Wildman–Crippen LogP) is 3.10. The Bertz CT molecular complexity index is 1030. The lowest BCUT2D eigenvalue weighted by atomic mass is 10.0. The molecule has 0 fully saturated rings. The van der Waals surface area contributed by atoms with Crippen molar-refractivity contribution < 1.29 is 23.5 Å². The second-order valence-electron chi connectivity index (χ2n) is 6.56. The number of Topliss-reactive ketones (excluding diaryl/α,β-unsaturated/α-hetero) is 2. The fourth-order valence-corrected chi connectivity index (χ4v) is 3.13. The minimum Gasteiger partial charge on any atom is -0.452 e. The van der Waals surface area contributed by atoms with Gasteiger partial charge in [-0.3, -0.25) is 14.3 Å². The number of esters is 1. The molecule has 3 heterocycles. The van der Waals surface area contributed by atoms with E-state index in [-0.39, 0.29) is 17.2 Å². The standard InChI is InChI=1S/C20H21N3O5/c1-11-17(13(3)24)12(2)22-18(11)19(25)14(4)27-20(26)16-7-6-15(28-16)10-23-9-5-8-21-23/h5-9,14,22H,10H2,1-4H3. The molecule has 8 heteroatoms. The molecular formula is C20H21N3O5. The number of aromatic nitrogens is 3. The van der Waals surface area contributed by atoms with E-state index >= 15 is 0 Å². The van der Waals surface area contributed by atoms with E-state index in [2.05, 4.69) is 10.1 Å². The smallest absolute Gasteiger partial charge is 0.374 e. The van der Waals surface area contributed by atoms with Crippen LogP contribution in [0, 0.1) is 13.8 Å². The first-order valence-electron chi connectivity index (χ1n) is 8.79. The van der Waals surface area contributed by atoms with Gasteiger partial charge in [-0.25, -0.2) is 4.79 Å². The summed E-state index contributed by atoms with van der Waals surface area (Å²) in [7, 11) is 0. The molecule has 0 aromatic carbocycles. The number of carbonyl (C=O) groups excluding carboxylic acids is 3. The Morgan fingerprint density at radius 3 is 2.64 bits per heavy atom. The van der Waals surface area contributed by atoms with E-state index in [1.807, 2.05) is 0 Å². The number of aryl methyl sites for hydroxylation is 1. The third kappa shape index (κ3) is 3.80. The number of carbonyl (C=O) groups is 3. The lowest BCUT2D eigenvalue weighted by molar-refractivity contribution is 0.0285. The predicted molar refractivity (Wildman–Crippen MR) is 99.5 cm³/mol. The van der Waals surface area contributed by atoms with Gasteiger partial charge in [-0.05, 0) is 51.5 Å². The van der Waals surface area contributed by atoms with Gasteiger partial charge in [0.05, 0.1) is 12.2 Å². The second kappa shape index (κ2) is 7.67. The minimum atomic E-state index is -1.04. The zero-order valence-electron chi connectivity index (χ0n) is 16.1. The van der Waals surface area contributed by atoms with Crippen LogP contribution in [0.25, 0.3) is 0 Å². The topological polar surface area (TPSA) is 107 Å². The van der Waals surface area contributed by atoms with Gasteiger partial charge in [0, 0.05) is 23.7 Å². The van der Waals surface area contributed by atoms with Gasteiger partial charge < -0.3 is 14.1 Å². The number of H-pyrrole nitrogens is 1. The number of furan rings is 1. The van der Waals surface area contributed by atoms with Gasteiger partial charge >= 0.3 is 5.97 Å². The minimum absolute atomic E-state index is 0.00520. The summed E-state index contributed by atoms with van der Waals surface area (Å²) in [5.41, 5.74) is 1.91. The molecule has 28 heavy (non-hydrogen) atoms. The van der Waals surface area contributed by atoms with Crippen molar-refractivity contribution in [1.82, 2.24) is 14.8 Å². The summed E-state index contributed by atoms with van der Waals surface area (Å²) >= 11 is 0. The molecule has 0 spiro atoms. The van der Waals surface area contributed by atoms with E-state index < -0.39 is 17.9 Å². The van der Waals surface area contributed by atoms with Gasteiger partial charge in [0.15, 0.2) is 11.9 Å². The van der Waals surface area contributed by atoms with Crippen LogP contribution in [0.5, 0.6) is 0 Å². The van der Waals surface area contributed by atoms with E-state index in [1.165, 1.54) is 19.9 Å². The molecule has 0 saturated carbocycles. The van der Waals surface area contributed by atoms with E-state index in [4.69, 9.17) is 9.15 Å². The fraction of sp³-hybridized carbons (Fsp3) is 0.300. The second-order valence-corrected chi connectivity index (χ2v) is 6.56. The average Bonchev–Trinajstić information content (AvgIpc) is 3.35. The maximum Gasteiger partial charge on any atom is 0.374 e. The van der Waals surface area contributed by atoms with Crippen molar-refractivity contribution in [3.63, 3.8) is 0 Å². The number of rotatable bonds is 7. The Labute approximate surface area is 161 Å². The molecule has 3 aromatic heterocycles. The summed E-state index contributed by atoms with van der Waals surface area (Å²) in [5.74, 6) is -0.734. The Morgan fingerprint density at radius 1 is 1.29 bits per heavy atom. The third-order valence-corrected chi connectivity index (χ3v) is 4.43. The molecule has 0 amide bonds. The largest absolute Gasteiger partial charge is 0.452 e. The average molecular weight is 383 g/mol. The van der Waals surface area contributed by atoms with Crippen molar-refractivity contribution in [2.45, 2.75) is 40.3 Å². The zero-order chi connectivity index (χ0) is 20.4. The highest BCUT2D eigenvalue weighted by molar-refractivity contribution is 6.05. The SMILES string of the molecule is CC(=O)c1c(C)[nH]c(C(=O)C(C)OC(=O)c2ccc(Cn3cccn3)o2)c1C. The van der Waals surface area contributed by atoms with Crippen molar-refractivity contribution in [2.75, 3.05) is 0 Å². The maximum absolute atomic E-state index is 12.7. The van der Waals surface area contributed by atoms with Crippen LogP contribution < -0.4 is 0 Å². The molecule has 0 radical (unpaired) electrons. The molecule has 0 saturated heterocycles. The maximum atomic E-state index is 12.7. The number of aromatic amines is 1. The highest BCUT2D eigenvalue weighted by atomic mass is 16.6. The Kier molecular flexibility index (Phi) is 5.30. The molecule has 0 aliphatic rings. The summed E-state index contributed by atoms with van der Waals surface area (Å²) in [5, 5.41) is 4.07. The van der Waals surface area contributed by atoms with Crippen LogP contribution in [0.2, 0.25) is 0 Å². The van der Waals surface area contributed by atoms with Gasteiger partial charge in [-0.15, -0.1) is 0 Å². The normalized spacial score (nSPS) is 12.0. The highest BCUT2D eigenvalue weighted by Gasteiger charge is 2.27. The van der Waals surface area contributed by atoms with Gasteiger partial charge in [-0.2, -0.15) is 5.10 Å². The Hall–Kier alpha value is -3.42. The van der Waals surface area contributed by atoms with Gasteiger partial charge in [-0.1, -0.05) is 0 Å². The summed E-state index contributed by atoms with van der Waals surface area (Å²) in [4.78, 5) is 39.7. The zero-order valence-corrected chi connectivity index (χ0v) is 16.1. The van der Waals surface area contributed by atoms with Crippen LogP contribution in [0.3, 0.4) is 0 Å². The van der Waals surface area contributed by atoms with Crippen LogP contribution in [0.1, 0.15) is 62.3 Å². The van der Waals surface area contributed by atoms with Crippen molar-refractivity contribution in [3.05, 3.63) is 64.6 Å². The summed E-state index contributed by atoms with van der Waals surface area (Å²) in [6.45, 7) is 6.72. The van der Waals surface area contributed by atoms with Crippen LogP contribution >= 0.6 is 0 Å². The molecule has 1 N–H and O–H groups in total. The quantitative estimate of drug-likeness (QED) is 0.496. The summed E-state index contributed by atoms with van der Waals surface area (Å²) in [6, 6.07) is 4.94. The van der Waals surface area contributed by atoms with Crippen molar-refractivity contribution >= 4 is 17.5 Å². The first-order valence-corrected chi connectivity index (χ1v) is 8.79. The molecule has 0 bridgehead atoms. The first-order chi connectivity index (χ1) is 13.3. The van der Waals surface area contributed by atoms with Crippen LogP contribution in [0.15, 0.2) is 35.0 Å². The van der Waals surface area contributed by atoms with Crippen LogP contribution in [0.4, 0.5) is 0 Å². The third-order valence-electron chi connectivity index (χ3n) is 4.43. The number of nitrogens with one attached hydrogen (secondary N) is 1. The number of hydrogen-bond donors (Lipinski definition) is 1. The first kappa shape index (κ1) is 19.3. The summed E-state index contributed by atoms with van der Waals surface area (Å²) < 4.78 is 12.4. The fourth-order valence-electron chi connectivity index (χ4n) is 3.13. The molecule has 0 aliphatic heterocycles. The molecule has 8 nitrogen and oxygen atoms in total. The Balaban J connectivity index is 1.69. The van der Waals surface area contributed by atoms with Crippen molar-refractivity contribution in [2.24, 2.45) is 0 Å². The molecular weight excluding hydrogens is 362 g/mol. The summed E-state index contributed by atoms with van der Waals surface area (Å²) in [6.07, 6.45) is 2.38. The molecule has 3 aromatic rings. The number of ketones is 2. The van der Waals surface area contributed by atoms with E-state index in [0.29, 0.717) is 29.1 Å². The molecule has 1 atom stereocenters. The Morgan fingerprint density at radius 2 is 2.04 bits per heavy atom. The number of nitrogens with zero attached hydrogens (tertiary/aromatic N) is 2. The molecule has 1 unspecified atom stereocenters. The highest BCUT2D eigenvalue weighted by Crippen LogP contribution is 2.21. The van der Waals surface area contributed by atoms with Gasteiger partial charge in [0.1, 0.15) is 5.76 Å². The van der Waals surface area contributed by atoms with Crippen molar-refractivity contribution in [3.8, 4) is 0 Å². The van der Waals surface area contributed by atoms with Crippen LogP contribution in [-0.2, 0) is 11.3 Å². The molecule has 3 rings (SSSR count). The van der Waals surface area contributed by atoms with Crippen molar-refractivity contribution in [1.29, 1.82) is 0 Å². The van der Waals surface area contributed by atoms with Gasteiger partial charge in [0.25, 0.3) is 0 Å². The number of hydrogen-bond acceptors (Lipinski definition) is 6. The monoisotopic (exact) mass is 383 g/mol. The molecule has 146 valence electrons. The van der Waals surface area contributed by atoms with Crippen LogP contribution in [-0.4, -0.2) is 38.4 Å². The molecule has 0 aliphatic carbocycles. The van der Waals surface area contributed by atoms with Gasteiger partial charge in [0.2, 0.25) is 11.5 Å². The van der Waals surface area contributed by atoms with E-state index in [1.54, 1.807) is 43.1 Å². The van der Waals surface area contributed by atoms with E-state index in [0.717, 1.165) is 0 Å².